The first-order valence-electron chi connectivity index (χ1n) is 2.62. The monoisotopic (exact) mass is 184 g/mol. The van der Waals surface area contributed by atoms with E-state index < -0.39 is 5.92 Å². The second-order valence-electron chi connectivity index (χ2n) is 2.20. The summed E-state index contributed by atoms with van der Waals surface area (Å²) in [4.78, 5) is 0.0532. The Morgan fingerprint density at radius 3 is 2.25 bits per heavy atom. The molecule has 1 atom stereocenters. The molecule has 0 amide bonds. The van der Waals surface area contributed by atoms with E-state index in [1.54, 1.807) is 0 Å². The Morgan fingerprint density at radius 2 is 2.12 bits per heavy atom. The van der Waals surface area contributed by atoms with E-state index in [-0.39, 0.29) is 17.7 Å². The number of rotatable bonds is 0. The average Bonchev–Trinajstić information content (AvgIpc) is 1.82. The standard InChI is InChI=1S/C5H7BrF2/c6-4-1-2-5(7,8)3-4/h4H,1-3H2. The highest BCUT2D eigenvalue weighted by atomic mass is 79.9. The predicted octanol–water partition coefficient (Wildman–Crippen LogP) is 2.57. The minimum Gasteiger partial charge on any atom is -0.207 e. The van der Waals surface area contributed by atoms with Crippen LogP contribution < -0.4 is 0 Å². The highest BCUT2D eigenvalue weighted by Gasteiger charge is 2.37. The van der Waals surface area contributed by atoms with Crippen molar-refractivity contribution >= 4 is 15.9 Å². The minimum absolute atomic E-state index is 0.0208. The minimum atomic E-state index is -2.38. The maximum atomic E-state index is 12.2. The smallest absolute Gasteiger partial charge is 0.207 e. The summed E-state index contributed by atoms with van der Waals surface area (Å²) in [7, 11) is 0. The van der Waals surface area contributed by atoms with E-state index in [2.05, 4.69) is 15.9 Å². The number of hydrogen-bond donors (Lipinski definition) is 0. The molecule has 8 heavy (non-hydrogen) atoms. The Morgan fingerprint density at radius 1 is 1.50 bits per heavy atom. The fraction of sp³-hybridized carbons (Fsp3) is 1.00. The molecule has 1 fully saturated rings. The topological polar surface area (TPSA) is 0 Å². The molecule has 1 rings (SSSR count). The van der Waals surface area contributed by atoms with Crippen LogP contribution in [0.3, 0.4) is 0 Å². The highest BCUT2D eigenvalue weighted by Crippen LogP contribution is 2.38. The predicted molar refractivity (Wildman–Crippen MR) is 31.5 cm³/mol. The van der Waals surface area contributed by atoms with Gasteiger partial charge in [0.15, 0.2) is 0 Å². The summed E-state index contributed by atoms with van der Waals surface area (Å²) in [5.41, 5.74) is 0. The van der Waals surface area contributed by atoms with E-state index in [4.69, 9.17) is 0 Å². The van der Waals surface area contributed by atoms with Crippen LogP contribution in [0.5, 0.6) is 0 Å². The Balaban J connectivity index is 2.44. The zero-order valence-electron chi connectivity index (χ0n) is 4.33. The molecule has 0 radical (unpaired) electrons. The van der Waals surface area contributed by atoms with Crippen LogP contribution in [0.2, 0.25) is 0 Å². The third-order valence-electron chi connectivity index (χ3n) is 1.34. The lowest BCUT2D eigenvalue weighted by Crippen LogP contribution is -2.08. The first-order chi connectivity index (χ1) is 3.60. The molecule has 1 aliphatic carbocycles. The molecule has 0 nitrogen and oxygen atoms in total. The first-order valence-corrected chi connectivity index (χ1v) is 3.54. The van der Waals surface area contributed by atoms with Crippen molar-refractivity contribution in [3.63, 3.8) is 0 Å². The van der Waals surface area contributed by atoms with Gasteiger partial charge in [0.2, 0.25) is 5.92 Å². The quantitative estimate of drug-likeness (QED) is 0.508. The SMILES string of the molecule is FC1(F)CCC(Br)C1. The van der Waals surface area contributed by atoms with Crippen molar-refractivity contribution in [3.05, 3.63) is 0 Å². The molecule has 0 spiro atoms. The van der Waals surface area contributed by atoms with Gasteiger partial charge in [-0.3, -0.25) is 0 Å². The lowest BCUT2D eigenvalue weighted by atomic mass is 10.3. The molecule has 0 N–H and O–H groups in total. The van der Waals surface area contributed by atoms with Crippen molar-refractivity contribution in [1.82, 2.24) is 0 Å². The van der Waals surface area contributed by atoms with E-state index in [0.29, 0.717) is 6.42 Å². The summed E-state index contributed by atoms with van der Waals surface area (Å²) >= 11 is 3.13. The zero-order chi connectivity index (χ0) is 6.20. The lowest BCUT2D eigenvalue weighted by molar-refractivity contribution is 0.00992. The van der Waals surface area contributed by atoms with E-state index in [1.165, 1.54) is 0 Å². The molecule has 0 heterocycles. The van der Waals surface area contributed by atoms with Crippen LogP contribution in [0, 0.1) is 0 Å². The van der Waals surface area contributed by atoms with Crippen molar-refractivity contribution in [2.75, 3.05) is 0 Å². The molecule has 1 unspecified atom stereocenters. The molecule has 48 valence electrons. The molecular weight excluding hydrogens is 178 g/mol. The van der Waals surface area contributed by atoms with Gasteiger partial charge in [0.05, 0.1) is 0 Å². The van der Waals surface area contributed by atoms with Crippen molar-refractivity contribution in [1.29, 1.82) is 0 Å². The van der Waals surface area contributed by atoms with E-state index in [9.17, 15) is 8.78 Å². The van der Waals surface area contributed by atoms with Gasteiger partial charge in [-0.05, 0) is 6.42 Å². The molecule has 0 aromatic heterocycles. The third kappa shape index (κ3) is 1.41. The van der Waals surface area contributed by atoms with Gasteiger partial charge >= 0.3 is 0 Å². The Kier molecular flexibility index (Phi) is 1.56. The van der Waals surface area contributed by atoms with Crippen LogP contribution in [0.15, 0.2) is 0 Å². The Labute approximate surface area is 55.4 Å². The van der Waals surface area contributed by atoms with Gasteiger partial charge in [0, 0.05) is 17.7 Å². The largest absolute Gasteiger partial charge is 0.249 e. The summed E-state index contributed by atoms with van der Waals surface area (Å²) in [6.07, 6.45) is 0.697. The summed E-state index contributed by atoms with van der Waals surface area (Å²) in [6.45, 7) is 0. The summed E-state index contributed by atoms with van der Waals surface area (Å²) in [6, 6.07) is 0. The average molecular weight is 185 g/mol. The van der Waals surface area contributed by atoms with Gasteiger partial charge in [-0.25, -0.2) is 8.78 Å². The maximum Gasteiger partial charge on any atom is 0.249 e. The second kappa shape index (κ2) is 1.94. The fourth-order valence-corrected chi connectivity index (χ4v) is 1.60. The van der Waals surface area contributed by atoms with Gasteiger partial charge < -0.3 is 0 Å². The van der Waals surface area contributed by atoms with Crippen molar-refractivity contribution in [2.45, 2.75) is 30.0 Å². The van der Waals surface area contributed by atoms with Gasteiger partial charge in [-0.2, -0.15) is 0 Å². The van der Waals surface area contributed by atoms with E-state index in [1.807, 2.05) is 0 Å². The molecule has 0 aliphatic heterocycles. The normalized spacial score (nSPS) is 35.6. The van der Waals surface area contributed by atoms with E-state index >= 15 is 0 Å². The zero-order valence-corrected chi connectivity index (χ0v) is 5.92. The van der Waals surface area contributed by atoms with Crippen molar-refractivity contribution in [3.8, 4) is 0 Å². The molecule has 0 saturated heterocycles. The second-order valence-corrected chi connectivity index (χ2v) is 3.49. The summed E-state index contributed by atoms with van der Waals surface area (Å²) in [5, 5.41) is 0. The molecule has 0 bridgehead atoms. The molecular formula is C5H7BrF2. The Bertz CT molecular complexity index is 92.4. The molecule has 3 heteroatoms. The van der Waals surface area contributed by atoms with Gasteiger partial charge in [0.1, 0.15) is 0 Å². The number of hydrogen-bond acceptors (Lipinski definition) is 0. The van der Waals surface area contributed by atoms with Gasteiger partial charge in [-0.1, -0.05) is 15.9 Å². The van der Waals surface area contributed by atoms with Crippen LogP contribution in [-0.2, 0) is 0 Å². The van der Waals surface area contributed by atoms with Gasteiger partial charge in [0.25, 0.3) is 0 Å². The molecule has 1 saturated carbocycles. The summed E-state index contributed by atoms with van der Waals surface area (Å²) < 4.78 is 24.3. The lowest BCUT2D eigenvalue weighted by Gasteiger charge is -2.04. The van der Waals surface area contributed by atoms with Gasteiger partial charge in [-0.15, -0.1) is 0 Å². The number of alkyl halides is 3. The third-order valence-corrected chi connectivity index (χ3v) is 2.13. The Hall–Kier alpha value is 0.340. The summed E-state index contributed by atoms with van der Waals surface area (Å²) in [5.74, 6) is -2.38. The molecule has 0 aromatic carbocycles. The van der Waals surface area contributed by atoms with Crippen LogP contribution in [0.25, 0.3) is 0 Å². The maximum absolute atomic E-state index is 12.2. The van der Waals surface area contributed by atoms with Crippen LogP contribution in [-0.4, -0.2) is 10.7 Å². The molecule has 0 aromatic rings. The van der Waals surface area contributed by atoms with Crippen LogP contribution in [0.1, 0.15) is 19.3 Å². The van der Waals surface area contributed by atoms with Crippen molar-refractivity contribution in [2.24, 2.45) is 0 Å². The number of halogens is 3. The van der Waals surface area contributed by atoms with Crippen LogP contribution in [0.4, 0.5) is 8.78 Å². The highest BCUT2D eigenvalue weighted by molar-refractivity contribution is 9.09. The fourth-order valence-electron chi connectivity index (χ4n) is 0.896. The van der Waals surface area contributed by atoms with E-state index in [0.717, 1.165) is 0 Å². The molecule has 1 aliphatic rings. The van der Waals surface area contributed by atoms with Crippen LogP contribution >= 0.6 is 15.9 Å². The first kappa shape index (κ1) is 6.46. The van der Waals surface area contributed by atoms with Crippen molar-refractivity contribution < 1.29 is 8.78 Å².